The van der Waals surface area contributed by atoms with Gasteiger partial charge in [0.25, 0.3) is 5.69 Å². The molecule has 0 radical (unpaired) electrons. The van der Waals surface area contributed by atoms with Gasteiger partial charge in [-0.1, -0.05) is 12.8 Å². The van der Waals surface area contributed by atoms with Crippen LogP contribution in [0.4, 0.5) is 10.5 Å². The molecule has 0 bridgehead atoms. The summed E-state index contributed by atoms with van der Waals surface area (Å²) >= 11 is 0. The second-order valence-electron chi connectivity index (χ2n) is 5.62. The highest BCUT2D eigenvalue weighted by molar-refractivity contribution is 5.64. The number of aldehydes is 1. The Kier molecular flexibility index (Phi) is 6.08. The quantitative estimate of drug-likeness (QED) is 0.261. The molecule has 1 aromatic carbocycles. The lowest BCUT2D eigenvalue weighted by atomic mass is 9.78. The van der Waals surface area contributed by atoms with Gasteiger partial charge in [-0.05, 0) is 36.8 Å². The van der Waals surface area contributed by atoms with Gasteiger partial charge < -0.3 is 14.3 Å². The van der Waals surface area contributed by atoms with Crippen molar-refractivity contribution in [1.29, 1.82) is 0 Å². The van der Waals surface area contributed by atoms with E-state index in [1.54, 1.807) is 0 Å². The zero-order valence-corrected chi connectivity index (χ0v) is 12.7. The van der Waals surface area contributed by atoms with Crippen molar-refractivity contribution in [1.82, 2.24) is 0 Å². The number of nitrogens with zero attached hydrogens (tertiary/aromatic N) is 1. The molecule has 2 rings (SSSR count). The van der Waals surface area contributed by atoms with Crippen LogP contribution >= 0.6 is 0 Å². The highest BCUT2D eigenvalue weighted by Crippen LogP contribution is 2.32. The van der Waals surface area contributed by atoms with E-state index in [2.05, 4.69) is 0 Å². The van der Waals surface area contributed by atoms with Crippen LogP contribution in [0.1, 0.15) is 32.1 Å². The van der Waals surface area contributed by atoms with E-state index < -0.39 is 11.1 Å². The number of non-ortho nitro benzene ring substituents is 1. The monoisotopic (exact) mass is 321 g/mol. The smallest absolute Gasteiger partial charge is 0.434 e. The number of nitro benzene ring substituents is 1. The van der Waals surface area contributed by atoms with E-state index in [1.807, 2.05) is 0 Å². The summed E-state index contributed by atoms with van der Waals surface area (Å²) in [7, 11) is 0. The van der Waals surface area contributed by atoms with Crippen molar-refractivity contribution in [3.63, 3.8) is 0 Å². The Balaban J connectivity index is 1.82. The summed E-state index contributed by atoms with van der Waals surface area (Å²) in [5, 5.41) is 10.5. The average Bonchev–Trinajstić information content (AvgIpc) is 2.55. The van der Waals surface area contributed by atoms with Crippen molar-refractivity contribution < 1.29 is 24.0 Å². The summed E-state index contributed by atoms with van der Waals surface area (Å²) in [5.74, 6) is 0.625. The zero-order chi connectivity index (χ0) is 16.7. The standard InChI is InChI=1S/C16H19NO6/c18-10-9-12-3-1-2-4-13(12)11-22-16(19)23-15-7-5-14(6-8-15)17(20)21/h5-8,10,12-13H,1-4,9,11H2/t12-,13+/m0/s1. The van der Waals surface area contributed by atoms with Crippen LogP contribution in [0, 0.1) is 22.0 Å². The fourth-order valence-corrected chi connectivity index (χ4v) is 2.87. The van der Waals surface area contributed by atoms with Crippen molar-refractivity contribution in [3.8, 4) is 5.75 Å². The lowest BCUT2D eigenvalue weighted by molar-refractivity contribution is -0.384. The molecule has 1 fully saturated rings. The molecule has 23 heavy (non-hydrogen) atoms. The van der Waals surface area contributed by atoms with E-state index in [1.165, 1.54) is 24.3 Å². The minimum atomic E-state index is -0.839. The third-order valence-corrected chi connectivity index (χ3v) is 4.13. The molecule has 0 aromatic heterocycles. The van der Waals surface area contributed by atoms with Gasteiger partial charge in [0, 0.05) is 18.6 Å². The van der Waals surface area contributed by atoms with E-state index in [0.717, 1.165) is 32.0 Å². The van der Waals surface area contributed by atoms with Crippen molar-refractivity contribution in [3.05, 3.63) is 34.4 Å². The maximum absolute atomic E-state index is 11.7. The maximum atomic E-state index is 11.7. The molecule has 0 saturated heterocycles. The van der Waals surface area contributed by atoms with Crippen LogP contribution < -0.4 is 4.74 Å². The third kappa shape index (κ3) is 5.05. The second-order valence-corrected chi connectivity index (χ2v) is 5.62. The first-order valence-corrected chi connectivity index (χ1v) is 7.63. The first kappa shape index (κ1) is 16.9. The SMILES string of the molecule is O=CC[C@@H]1CCCC[C@@H]1COC(=O)Oc1ccc([N+](=O)[O-])cc1. The van der Waals surface area contributed by atoms with Gasteiger partial charge in [-0.2, -0.15) is 0 Å². The Morgan fingerprint density at radius 1 is 1.22 bits per heavy atom. The number of carbonyl (C=O) groups is 2. The Morgan fingerprint density at radius 3 is 2.48 bits per heavy atom. The molecule has 0 heterocycles. The molecule has 7 nitrogen and oxygen atoms in total. The van der Waals surface area contributed by atoms with Crippen LogP contribution in [-0.2, 0) is 9.53 Å². The summed E-state index contributed by atoms with van der Waals surface area (Å²) in [6.45, 7) is 0.227. The van der Waals surface area contributed by atoms with E-state index in [0.29, 0.717) is 6.42 Å². The number of ether oxygens (including phenoxy) is 2. The molecule has 0 aliphatic heterocycles. The van der Waals surface area contributed by atoms with Gasteiger partial charge in [-0.25, -0.2) is 4.79 Å². The number of benzene rings is 1. The molecule has 0 N–H and O–H groups in total. The third-order valence-electron chi connectivity index (χ3n) is 4.13. The van der Waals surface area contributed by atoms with Gasteiger partial charge in [0.2, 0.25) is 0 Å². The molecule has 0 amide bonds. The topological polar surface area (TPSA) is 95.7 Å². The zero-order valence-electron chi connectivity index (χ0n) is 12.7. The summed E-state index contributed by atoms with van der Waals surface area (Å²) in [4.78, 5) is 32.4. The first-order valence-electron chi connectivity index (χ1n) is 7.63. The van der Waals surface area contributed by atoms with E-state index >= 15 is 0 Å². The Hall–Kier alpha value is -2.44. The molecule has 124 valence electrons. The molecule has 1 saturated carbocycles. The molecule has 1 aliphatic carbocycles. The van der Waals surface area contributed by atoms with E-state index in [9.17, 15) is 19.7 Å². The number of carbonyl (C=O) groups excluding carboxylic acids is 2. The number of hydrogen-bond donors (Lipinski definition) is 0. The van der Waals surface area contributed by atoms with Gasteiger partial charge in [0.15, 0.2) is 0 Å². The summed E-state index contributed by atoms with van der Waals surface area (Å²) < 4.78 is 10.1. The van der Waals surface area contributed by atoms with Gasteiger partial charge in [0.05, 0.1) is 11.5 Å². The lowest BCUT2D eigenvalue weighted by Gasteiger charge is -2.29. The van der Waals surface area contributed by atoms with Crippen LogP contribution in [0.15, 0.2) is 24.3 Å². The lowest BCUT2D eigenvalue weighted by Crippen LogP contribution is -2.26. The Labute approximate surface area is 133 Å². The molecule has 0 unspecified atom stereocenters. The second kappa shape index (κ2) is 8.26. The Bertz CT molecular complexity index is 556. The molecule has 1 aromatic rings. The fourth-order valence-electron chi connectivity index (χ4n) is 2.87. The minimum Gasteiger partial charge on any atom is -0.434 e. The van der Waals surface area contributed by atoms with Crippen LogP contribution in [0.3, 0.4) is 0 Å². The van der Waals surface area contributed by atoms with E-state index in [-0.39, 0.29) is 29.9 Å². The maximum Gasteiger partial charge on any atom is 0.513 e. The number of hydrogen-bond acceptors (Lipinski definition) is 6. The van der Waals surface area contributed by atoms with Crippen molar-refractivity contribution in [2.45, 2.75) is 32.1 Å². The van der Waals surface area contributed by atoms with Crippen LogP contribution in [-0.4, -0.2) is 24.0 Å². The summed E-state index contributed by atoms with van der Waals surface area (Å²) in [6.07, 6.45) is 4.65. The van der Waals surface area contributed by atoms with Crippen molar-refractivity contribution in [2.75, 3.05) is 6.61 Å². The molecule has 0 spiro atoms. The normalized spacial score (nSPS) is 20.5. The summed E-state index contributed by atoms with van der Waals surface area (Å²) in [6, 6.07) is 5.19. The van der Waals surface area contributed by atoms with Gasteiger partial charge in [0.1, 0.15) is 12.0 Å². The predicted molar refractivity (Wildman–Crippen MR) is 81.2 cm³/mol. The first-order chi connectivity index (χ1) is 11.1. The Morgan fingerprint density at radius 2 is 1.87 bits per heavy atom. The summed E-state index contributed by atoms with van der Waals surface area (Å²) in [5.41, 5.74) is -0.0790. The molecular formula is C16H19NO6. The van der Waals surface area contributed by atoms with E-state index in [4.69, 9.17) is 9.47 Å². The molecule has 1 aliphatic rings. The van der Waals surface area contributed by atoms with Crippen LogP contribution in [0.25, 0.3) is 0 Å². The molecule has 2 atom stereocenters. The van der Waals surface area contributed by atoms with Gasteiger partial charge >= 0.3 is 6.16 Å². The average molecular weight is 321 g/mol. The minimum absolute atomic E-state index is 0.0790. The number of nitro groups is 1. The fraction of sp³-hybridized carbons (Fsp3) is 0.500. The molecular weight excluding hydrogens is 302 g/mol. The number of rotatable bonds is 6. The van der Waals surface area contributed by atoms with Gasteiger partial charge in [-0.3, -0.25) is 10.1 Å². The largest absolute Gasteiger partial charge is 0.513 e. The predicted octanol–water partition coefficient (Wildman–Crippen LogP) is 3.51. The van der Waals surface area contributed by atoms with Crippen LogP contribution in [0.5, 0.6) is 5.75 Å². The van der Waals surface area contributed by atoms with Gasteiger partial charge in [-0.15, -0.1) is 0 Å². The van der Waals surface area contributed by atoms with Crippen molar-refractivity contribution in [2.24, 2.45) is 11.8 Å². The highest BCUT2D eigenvalue weighted by Gasteiger charge is 2.26. The van der Waals surface area contributed by atoms with Crippen LogP contribution in [0.2, 0.25) is 0 Å². The van der Waals surface area contributed by atoms with Crippen molar-refractivity contribution >= 4 is 18.1 Å². The molecule has 7 heteroatoms. The highest BCUT2D eigenvalue weighted by atomic mass is 16.7.